The number of rotatable bonds is 3. The average molecular weight is 455 g/mol. The summed E-state index contributed by atoms with van der Waals surface area (Å²) >= 11 is 0. The Morgan fingerprint density at radius 3 is 2.91 bits per heavy atom. The van der Waals surface area contributed by atoms with Gasteiger partial charge in [0, 0.05) is 35.8 Å². The Morgan fingerprint density at radius 1 is 1.38 bits per heavy atom. The first kappa shape index (κ1) is 20.8. The van der Waals surface area contributed by atoms with E-state index < -0.39 is 17.9 Å². The normalized spacial score (nSPS) is 17.5. The lowest BCUT2D eigenvalue weighted by atomic mass is 9.97. The Labute approximate surface area is 185 Å². The van der Waals surface area contributed by atoms with Gasteiger partial charge in [0.05, 0.1) is 23.2 Å². The van der Waals surface area contributed by atoms with Gasteiger partial charge in [0.15, 0.2) is 0 Å². The number of nitrogens with one attached hydrogen (secondary N) is 1. The molecular formula is C21H23FN7O2P. The van der Waals surface area contributed by atoms with Crippen LogP contribution < -0.4 is 0 Å². The van der Waals surface area contributed by atoms with Crippen LogP contribution in [0.15, 0.2) is 35.1 Å². The molecule has 1 aliphatic rings. The molecule has 1 amide bonds. The monoisotopic (exact) mass is 455 g/mol. The summed E-state index contributed by atoms with van der Waals surface area (Å²) in [5.74, 6) is -1.31. The molecule has 0 bridgehead atoms. The van der Waals surface area contributed by atoms with E-state index in [0.717, 1.165) is 5.69 Å². The Bertz CT molecular complexity index is 1300. The van der Waals surface area contributed by atoms with Crippen LogP contribution in [0.4, 0.5) is 4.39 Å². The smallest absolute Gasteiger partial charge is 0.312 e. The van der Waals surface area contributed by atoms with E-state index in [1.807, 2.05) is 20.8 Å². The zero-order valence-corrected chi connectivity index (χ0v) is 19.1. The summed E-state index contributed by atoms with van der Waals surface area (Å²) in [4.78, 5) is 22.7. The molecule has 9 nitrogen and oxygen atoms in total. The van der Waals surface area contributed by atoms with Crippen LogP contribution in [0.3, 0.4) is 0 Å². The molecular weight excluding hydrogens is 432 g/mol. The maximum absolute atomic E-state index is 14.1. The topological polar surface area (TPSA) is 105 Å². The first-order chi connectivity index (χ1) is 15.2. The molecule has 0 aromatic carbocycles. The number of hydrogen-bond acceptors (Lipinski definition) is 6. The third-order valence-electron chi connectivity index (χ3n) is 5.57. The van der Waals surface area contributed by atoms with E-state index in [4.69, 9.17) is 4.42 Å². The van der Waals surface area contributed by atoms with Crippen molar-refractivity contribution >= 4 is 20.7 Å². The summed E-state index contributed by atoms with van der Waals surface area (Å²) in [6, 6.07) is 4.69. The fraction of sp³-hybridized carbons (Fsp3) is 0.381. The minimum atomic E-state index is -1.23. The van der Waals surface area contributed by atoms with Crippen molar-refractivity contribution < 1.29 is 13.6 Å². The van der Waals surface area contributed by atoms with Gasteiger partial charge in [0.2, 0.25) is 5.89 Å². The lowest BCUT2D eigenvalue weighted by molar-refractivity contribution is 0.0642. The summed E-state index contributed by atoms with van der Waals surface area (Å²) in [6.45, 7) is 6.23. The van der Waals surface area contributed by atoms with Gasteiger partial charge in [-0.15, -0.1) is 10.2 Å². The standard InChI is InChI=1S/C21H23FN7O2P/c1-21(2,3)20-26-25-18(31-20)19(30)28-8-6-12-15(24-10-23-12)16(28)13-9-14-11(17(22)32)5-4-7-29(14)27-13/h4-5,7,9-10,16-17H,6,8,32H2,1-3H3,(H,23,24)/t16-,17?/m1/s1. The van der Waals surface area contributed by atoms with Gasteiger partial charge in [-0.05, 0) is 12.1 Å². The van der Waals surface area contributed by atoms with E-state index in [2.05, 4.69) is 34.5 Å². The quantitative estimate of drug-likeness (QED) is 0.475. The number of imidazole rings is 1. The Hall–Kier alpha value is -3.13. The highest BCUT2D eigenvalue weighted by Crippen LogP contribution is 2.36. The molecule has 0 radical (unpaired) electrons. The fourth-order valence-corrected chi connectivity index (χ4v) is 4.24. The number of pyridine rings is 1. The fourth-order valence-electron chi connectivity index (χ4n) is 3.95. The highest BCUT2D eigenvalue weighted by atomic mass is 31.0. The molecule has 5 heterocycles. The van der Waals surface area contributed by atoms with Crippen molar-refractivity contribution in [1.29, 1.82) is 0 Å². The van der Waals surface area contributed by atoms with Crippen molar-refractivity contribution in [1.82, 2.24) is 34.7 Å². The highest BCUT2D eigenvalue weighted by molar-refractivity contribution is 7.16. The van der Waals surface area contributed by atoms with E-state index in [1.165, 1.54) is 0 Å². The second-order valence-electron chi connectivity index (χ2n) is 8.84. The maximum Gasteiger partial charge on any atom is 0.312 e. The van der Waals surface area contributed by atoms with Crippen LogP contribution in [0.25, 0.3) is 5.52 Å². The van der Waals surface area contributed by atoms with Crippen molar-refractivity contribution in [3.05, 3.63) is 65.1 Å². The van der Waals surface area contributed by atoms with E-state index in [-0.39, 0.29) is 11.3 Å². The summed E-state index contributed by atoms with van der Waals surface area (Å²) in [5, 5.41) is 12.7. The van der Waals surface area contributed by atoms with Crippen LogP contribution in [-0.2, 0) is 11.8 Å². The van der Waals surface area contributed by atoms with Crippen molar-refractivity contribution in [3.63, 3.8) is 0 Å². The van der Waals surface area contributed by atoms with E-state index >= 15 is 0 Å². The minimum absolute atomic E-state index is 0.0721. The predicted octanol–water partition coefficient (Wildman–Crippen LogP) is 3.37. The number of halogens is 1. The number of aromatic nitrogens is 6. The van der Waals surface area contributed by atoms with E-state index in [9.17, 15) is 9.18 Å². The molecule has 166 valence electrons. The number of carbonyl (C=O) groups excluding carboxylic acids is 1. The lowest BCUT2D eigenvalue weighted by Gasteiger charge is -2.32. The van der Waals surface area contributed by atoms with Crippen LogP contribution >= 0.6 is 9.24 Å². The first-order valence-corrected chi connectivity index (χ1v) is 11.0. The van der Waals surface area contributed by atoms with Gasteiger partial charge in [-0.3, -0.25) is 4.79 Å². The second kappa shape index (κ2) is 7.48. The van der Waals surface area contributed by atoms with E-state index in [1.54, 1.807) is 40.1 Å². The first-order valence-electron chi connectivity index (χ1n) is 10.3. The average Bonchev–Trinajstić information content (AvgIpc) is 3.50. The summed E-state index contributed by atoms with van der Waals surface area (Å²) < 4.78 is 21.5. The number of nitrogens with zero attached hydrogens (tertiary/aromatic N) is 6. The summed E-state index contributed by atoms with van der Waals surface area (Å²) in [7, 11) is 2.16. The largest absolute Gasteiger partial charge is 0.416 e. The molecule has 0 aliphatic carbocycles. The minimum Gasteiger partial charge on any atom is -0.416 e. The molecule has 3 atom stereocenters. The van der Waals surface area contributed by atoms with Gasteiger partial charge in [0.1, 0.15) is 12.0 Å². The zero-order valence-electron chi connectivity index (χ0n) is 17.9. The number of alkyl halides is 1. The number of carbonyl (C=O) groups is 1. The van der Waals surface area contributed by atoms with Crippen molar-refractivity contribution in [2.24, 2.45) is 0 Å². The Kier molecular flexibility index (Phi) is 4.85. The maximum atomic E-state index is 14.1. The molecule has 4 aromatic rings. The van der Waals surface area contributed by atoms with Gasteiger partial charge >= 0.3 is 11.8 Å². The van der Waals surface area contributed by atoms with Crippen LogP contribution in [0.1, 0.15) is 71.9 Å². The van der Waals surface area contributed by atoms with Gasteiger partial charge in [-0.1, -0.05) is 36.1 Å². The lowest BCUT2D eigenvalue weighted by Crippen LogP contribution is -2.41. The van der Waals surface area contributed by atoms with Gasteiger partial charge < -0.3 is 14.3 Å². The number of fused-ring (bicyclic) bond motifs is 2. The van der Waals surface area contributed by atoms with Crippen LogP contribution in [0.5, 0.6) is 0 Å². The molecule has 11 heteroatoms. The molecule has 1 N–H and O–H groups in total. The van der Waals surface area contributed by atoms with Crippen LogP contribution in [0, 0.1) is 0 Å². The number of H-pyrrole nitrogens is 1. The number of hydrogen-bond donors (Lipinski definition) is 1. The van der Waals surface area contributed by atoms with E-state index in [0.29, 0.717) is 41.3 Å². The molecule has 0 fully saturated rings. The SMILES string of the molecule is CC(C)(C)c1nnc(C(=O)N2CCc3[nH]cnc3[C@H]2c2cc3c(C(F)P)cccn3n2)o1. The third-order valence-corrected chi connectivity index (χ3v) is 5.93. The van der Waals surface area contributed by atoms with Gasteiger partial charge in [-0.2, -0.15) is 5.10 Å². The number of amides is 1. The molecule has 5 rings (SSSR count). The molecule has 0 saturated heterocycles. The number of aromatic amines is 1. The molecule has 0 spiro atoms. The van der Waals surface area contributed by atoms with Crippen molar-refractivity contribution in [3.8, 4) is 0 Å². The molecule has 32 heavy (non-hydrogen) atoms. The Balaban J connectivity index is 1.60. The highest BCUT2D eigenvalue weighted by Gasteiger charge is 2.38. The molecule has 4 aromatic heterocycles. The van der Waals surface area contributed by atoms with Gasteiger partial charge in [-0.25, -0.2) is 13.9 Å². The molecule has 1 aliphatic heterocycles. The van der Waals surface area contributed by atoms with Crippen molar-refractivity contribution in [2.75, 3.05) is 6.54 Å². The summed E-state index contributed by atoms with van der Waals surface area (Å²) in [6.07, 6.45) is 3.97. The molecule has 0 saturated carbocycles. The van der Waals surface area contributed by atoms with Crippen LogP contribution in [-0.4, -0.2) is 47.1 Å². The Morgan fingerprint density at radius 2 is 2.19 bits per heavy atom. The second-order valence-corrected chi connectivity index (χ2v) is 9.43. The predicted molar refractivity (Wildman–Crippen MR) is 117 cm³/mol. The van der Waals surface area contributed by atoms with Crippen molar-refractivity contribution in [2.45, 2.75) is 44.6 Å². The van der Waals surface area contributed by atoms with Crippen LogP contribution in [0.2, 0.25) is 0 Å². The third kappa shape index (κ3) is 3.39. The van der Waals surface area contributed by atoms with Gasteiger partial charge in [0.25, 0.3) is 0 Å². The molecule has 2 unspecified atom stereocenters. The summed E-state index contributed by atoms with van der Waals surface area (Å²) in [5.41, 5.74) is 2.98. The zero-order chi connectivity index (χ0) is 22.6.